The number of piperidine rings is 1. The van der Waals surface area contributed by atoms with Crippen molar-refractivity contribution in [1.82, 2.24) is 4.90 Å². The highest BCUT2D eigenvalue weighted by atomic mass is 16.6. The van der Waals surface area contributed by atoms with E-state index in [9.17, 15) is 4.79 Å². The summed E-state index contributed by atoms with van der Waals surface area (Å²) in [7, 11) is 0. The third-order valence-corrected chi connectivity index (χ3v) is 4.08. The van der Waals surface area contributed by atoms with Crippen LogP contribution < -0.4 is 10.5 Å². The molecule has 2 rings (SSSR count). The Morgan fingerprint density at radius 3 is 2.44 bits per heavy atom. The number of benzene rings is 1. The predicted octanol–water partition coefficient (Wildman–Crippen LogP) is 3.08. The van der Waals surface area contributed by atoms with Crippen LogP contribution in [0.25, 0.3) is 0 Å². The van der Waals surface area contributed by atoms with Gasteiger partial charge in [0, 0.05) is 13.1 Å². The molecule has 0 bridgehead atoms. The van der Waals surface area contributed by atoms with Gasteiger partial charge < -0.3 is 29.6 Å². The van der Waals surface area contributed by atoms with E-state index in [2.05, 4.69) is 0 Å². The summed E-state index contributed by atoms with van der Waals surface area (Å²) in [4.78, 5) is 13.8. The first kappa shape index (κ1) is 21.3. The maximum Gasteiger partial charge on any atom is 0.410 e. The Labute approximate surface area is 161 Å². The van der Waals surface area contributed by atoms with Crippen LogP contribution in [0.1, 0.15) is 33.6 Å². The number of nitrogens with zero attached hydrogens (tertiary/aromatic N) is 1. The molecular weight excluding hydrogens is 348 g/mol. The van der Waals surface area contributed by atoms with Gasteiger partial charge in [0.05, 0.1) is 31.6 Å². The van der Waals surface area contributed by atoms with Crippen molar-refractivity contribution in [2.24, 2.45) is 0 Å². The van der Waals surface area contributed by atoms with Crippen molar-refractivity contribution in [2.45, 2.75) is 45.3 Å². The SMILES string of the molecule is CC(C)(C)OC(=O)N1CCC(OCCOCCOc2ccccc2N)CC1. The average Bonchev–Trinajstić information content (AvgIpc) is 2.61. The first-order valence-corrected chi connectivity index (χ1v) is 9.50. The number of amides is 1. The first-order valence-electron chi connectivity index (χ1n) is 9.50. The molecule has 1 aliphatic heterocycles. The van der Waals surface area contributed by atoms with Crippen LogP contribution in [0.5, 0.6) is 5.75 Å². The van der Waals surface area contributed by atoms with Crippen LogP contribution in [0.3, 0.4) is 0 Å². The van der Waals surface area contributed by atoms with Crippen LogP contribution in [0.4, 0.5) is 10.5 Å². The molecule has 152 valence electrons. The number of anilines is 1. The van der Waals surface area contributed by atoms with Crippen LogP contribution in [-0.4, -0.2) is 62.2 Å². The largest absolute Gasteiger partial charge is 0.489 e. The lowest BCUT2D eigenvalue weighted by Gasteiger charge is -2.33. The van der Waals surface area contributed by atoms with Crippen LogP contribution in [0.2, 0.25) is 0 Å². The van der Waals surface area contributed by atoms with Crippen molar-refractivity contribution in [3.8, 4) is 5.75 Å². The van der Waals surface area contributed by atoms with E-state index in [0.717, 1.165) is 12.8 Å². The van der Waals surface area contributed by atoms with Gasteiger partial charge in [-0.05, 0) is 45.7 Å². The number of carbonyl (C=O) groups is 1. The van der Waals surface area contributed by atoms with E-state index in [1.54, 1.807) is 11.0 Å². The normalized spacial score (nSPS) is 15.6. The van der Waals surface area contributed by atoms with Gasteiger partial charge in [-0.15, -0.1) is 0 Å². The molecule has 2 N–H and O–H groups in total. The van der Waals surface area contributed by atoms with Gasteiger partial charge >= 0.3 is 6.09 Å². The highest BCUT2D eigenvalue weighted by Crippen LogP contribution is 2.19. The number of nitrogen functional groups attached to an aromatic ring is 1. The van der Waals surface area contributed by atoms with E-state index in [1.165, 1.54) is 0 Å². The summed E-state index contributed by atoms with van der Waals surface area (Å²) in [5.41, 5.74) is 5.97. The van der Waals surface area contributed by atoms with Gasteiger partial charge in [-0.3, -0.25) is 0 Å². The van der Waals surface area contributed by atoms with Crippen molar-refractivity contribution in [1.29, 1.82) is 0 Å². The molecule has 0 aliphatic carbocycles. The molecule has 1 amide bonds. The average molecular weight is 380 g/mol. The molecule has 7 heteroatoms. The lowest BCUT2D eigenvalue weighted by atomic mass is 10.1. The first-order chi connectivity index (χ1) is 12.8. The molecule has 1 heterocycles. The van der Waals surface area contributed by atoms with Crippen molar-refractivity contribution in [2.75, 3.05) is 45.3 Å². The minimum Gasteiger partial charge on any atom is -0.489 e. The third kappa shape index (κ3) is 8.05. The zero-order valence-corrected chi connectivity index (χ0v) is 16.6. The Hall–Kier alpha value is -1.99. The van der Waals surface area contributed by atoms with E-state index in [4.69, 9.17) is 24.7 Å². The monoisotopic (exact) mass is 380 g/mol. The zero-order chi connectivity index (χ0) is 19.7. The highest BCUT2D eigenvalue weighted by Gasteiger charge is 2.27. The topological polar surface area (TPSA) is 83.2 Å². The number of likely N-dealkylation sites (tertiary alicyclic amines) is 1. The Morgan fingerprint density at radius 2 is 1.78 bits per heavy atom. The summed E-state index contributed by atoms with van der Waals surface area (Å²) in [6, 6.07) is 7.39. The van der Waals surface area contributed by atoms with Gasteiger partial charge in [0.15, 0.2) is 0 Å². The smallest absolute Gasteiger partial charge is 0.410 e. The summed E-state index contributed by atoms with van der Waals surface area (Å²) in [5.74, 6) is 0.675. The molecule has 27 heavy (non-hydrogen) atoms. The van der Waals surface area contributed by atoms with Crippen molar-refractivity contribution in [3.05, 3.63) is 24.3 Å². The van der Waals surface area contributed by atoms with E-state index in [0.29, 0.717) is 51.0 Å². The number of rotatable bonds is 8. The second-order valence-electron chi connectivity index (χ2n) is 7.54. The van der Waals surface area contributed by atoms with Crippen LogP contribution in [-0.2, 0) is 14.2 Å². The van der Waals surface area contributed by atoms with Gasteiger partial charge in [-0.2, -0.15) is 0 Å². The van der Waals surface area contributed by atoms with Crippen molar-refractivity contribution < 1.29 is 23.7 Å². The zero-order valence-electron chi connectivity index (χ0n) is 16.6. The quantitative estimate of drug-likeness (QED) is 0.551. The lowest BCUT2D eigenvalue weighted by Crippen LogP contribution is -2.43. The van der Waals surface area contributed by atoms with Gasteiger partial charge in [-0.1, -0.05) is 12.1 Å². The molecule has 0 unspecified atom stereocenters. The fourth-order valence-electron chi connectivity index (χ4n) is 2.73. The second kappa shape index (κ2) is 10.4. The van der Waals surface area contributed by atoms with Gasteiger partial charge in [0.2, 0.25) is 0 Å². The molecule has 0 aromatic heterocycles. The summed E-state index contributed by atoms with van der Waals surface area (Å²) < 4.78 is 22.3. The number of ether oxygens (including phenoxy) is 4. The summed E-state index contributed by atoms with van der Waals surface area (Å²) in [6.07, 6.45) is 1.54. The van der Waals surface area contributed by atoms with Crippen LogP contribution in [0.15, 0.2) is 24.3 Å². The summed E-state index contributed by atoms with van der Waals surface area (Å²) in [5, 5.41) is 0. The molecule has 1 aromatic rings. The standard InChI is InChI=1S/C20H32N2O5/c1-20(2,3)27-19(23)22-10-8-16(9-11-22)25-14-12-24-13-15-26-18-7-5-4-6-17(18)21/h4-7,16H,8-15,21H2,1-3H3. The number of hydrogen-bond donors (Lipinski definition) is 1. The molecular formula is C20H32N2O5. The van der Waals surface area contributed by atoms with Gasteiger partial charge in [0.1, 0.15) is 18.0 Å². The molecule has 0 atom stereocenters. The minimum atomic E-state index is -0.461. The molecule has 1 saturated heterocycles. The van der Waals surface area contributed by atoms with E-state index >= 15 is 0 Å². The molecule has 1 fully saturated rings. The molecule has 1 aliphatic rings. The van der Waals surface area contributed by atoms with Crippen molar-refractivity contribution >= 4 is 11.8 Å². The maximum atomic E-state index is 12.0. The third-order valence-electron chi connectivity index (χ3n) is 4.08. The molecule has 1 aromatic carbocycles. The van der Waals surface area contributed by atoms with E-state index < -0.39 is 5.60 Å². The fourth-order valence-corrected chi connectivity index (χ4v) is 2.73. The number of carbonyl (C=O) groups excluding carboxylic acids is 1. The molecule has 0 saturated carbocycles. The van der Waals surface area contributed by atoms with Gasteiger partial charge in [0.25, 0.3) is 0 Å². The Balaban J connectivity index is 1.50. The van der Waals surface area contributed by atoms with E-state index in [1.807, 2.05) is 39.0 Å². The minimum absolute atomic E-state index is 0.160. The van der Waals surface area contributed by atoms with Gasteiger partial charge in [-0.25, -0.2) is 4.79 Å². The van der Waals surface area contributed by atoms with Crippen LogP contribution >= 0.6 is 0 Å². The molecule has 7 nitrogen and oxygen atoms in total. The predicted molar refractivity (Wildman–Crippen MR) is 104 cm³/mol. The summed E-state index contributed by atoms with van der Waals surface area (Å²) in [6.45, 7) is 8.92. The second-order valence-corrected chi connectivity index (χ2v) is 7.54. The number of hydrogen-bond acceptors (Lipinski definition) is 6. The summed E-state index contributed by atoms with van der Waals surface area (Å²) >= 11 is 0. The molecule has 0 radical (unpaired) electrons. The number of para-hydroxylation sites is 2. The number of nitrogens with two attached hydrogens (primary N) is 1. The lowest BCUT2D eigenvalue weighted by molar-refractivity contribution is -0.0314. The highest BCUT2D eigenvalue weighted by molar-refractivity contribution is 5.68. The fraction of sp³-hybridized carbons (Fsp3) is 0.650. The molecule has 0 spiro atoms. The van der Waals surface area contributed by atoms with Crippen LogP contribution in [0, 0.1) is 0 Å². The Bertz CT molecular complexity index is 580. The van der Waals surface area contributed by atoms with E-state index in [-0.39, 0.29) is 12.2 Å². The maximum absolute atomic E-state index is 12.0. The van der Waals surface area contributed by atoms with Crippen molar-refractivity contribution in [3.63, 3.8) is 0 Å². The Kier molecular flexibility index (Phi) is 8.19. The Morgan fingerprint density at radius 1 is 1.11 bits per heavy atom.